The molecule has 0 saturated heterocycles. The van der Waals surface area contributed by atoms with Gasteiger partial charge < -0.3 is 14.9 Å². The molecule has 1 heterocycles. The molecule has 3 aromatic rings. The Labute approximate surface area is 131 Å². The predicted octanol–water partition coefficient (Wildman–Crippen LogP) is 4.54. The monoisotopic (exact) mass is 345 g/mol. The molecule has 3 rings (SSSR count). The summed E-state index contributed by atoms with van der Waals surface area (Å²) >= 11 is 3.62. The number of halogens is 1. The Hall–Kier alpha value is -1.78. The lowest BCUT2D eigenvalue weighted by Crippen LogP contribution is -1.97. The second-order valence-corrected chi connectivity index (χ2v) is 5.68. The lowest BCUT2D eigenvalue weighted by Gasteiger charge is -2.10. The van der Waals surface area contributed by atoms with E-state index in [2.05, 4.69) is 34.1 Å². The quantitative estimate of drug-likeness (QED) is 0.754. The minimum atomic E-state index is 0.403. The van der Waals surface area contributed by atoms with E-state index in [1.807, 2.05) is 31.2 Å². The summed E-state index contributed by atoms with van der Waals surface area (Å²) in [6, 6.07) is 14.2. The van der Waals surface area contributed by atoms with Gasteiger partial charge in [0.2, 0.25) is 0 Å². The first-order valence-corrected chi connectivity index (χ1v) is 7.56. The van der Waals surface area contributed by atoms with Crippen molar-refractivity contribution in [3.05, 3.63) is 64.0 Å². The van der Waals surface area contributed by atoms with Crippen LogP contribution in [0.15, 0.2) is 51.4 Å². The largest absolute Gasteiger partial charge is 0.488 e. The van der Waals surface area contributed by atoms with Crippen molar-refractivity contribution < 1.29 is 9.15 Å². The van der Waals surface area contributed by atoms with E-state index in [1.54, 1.807) is 0 Å². The first-order valence-electron chi connectivity index (χ1n) is 6.77. The second kappa shape index (κ2) is 5.92. The highest BCUT2D eigenvalue weighted by atomic mass is 79.9. The second-order valence-electron chi connectivity index (χ2n) is 4.89. The van der Waals surface area contributed by atoms with Crippen molar-refractivity contribution in [2.75, 3.05) is 0 Å². The van der Waals surface area contributed by atoms with Crippen LogP contribution >= 0.6 is 15.9 Å². The van der Waals surface area contributed by atoms with Crippen LogP contribution in [-0.4, -0.2) is 0 Å². The topological polar surface area (TPSA) is 48.4 Å². The Bertz CT molecular complexity index is 780. The fraction of sp³-hybridized carbons (Fsp3) is 0.176. The Kier molecular flexibility index (Phi) is 3.99. The number of hydrogen-bond donors (Lipinski definition) is 1. The van der Waals surface area contributed by atoms with Gasteiger partial charge >= 0.3 is 0 Å². The first-order chi connectivity index (χ1) is 10.2. The Morgan fingerprint density at radius 1 is 1.19 bits per heavy atom. The van der Waals surface area contributed by atoms with Crippen LogP contribution in [0.4, 0.5) is 0 Å². The smallest absolute Gasteiger partial charge is 0.134 e. The summed E-state index contributed by atoms with van der Waals surface area (Å²) in [6.45, 7) is 2.79. The normalized spacial score (nSPS) is 11.0. The van der Waals surface area contributed by atoms with E-state index in [-0.39, 0.29) is 0 Å². The molecule has 0 unspecified atom stereocenters. The highest BCUT2D eigenvalue weighted by Gasteiger charge is 2.10. The van der Waals surface area contributed by atoms with E-state index >= 15 is 0 Å². The summed E-state index contributed by atoms with van der Waals surface area (Å²) in [5, 5.41) is 2.32. The van der Waals surface area contributed by atoms with E-state index in [0.29, 0.717) is 13.2 Å². The number of ether oxygens (including phenoxy) is 1. The molecule has 2 N–H and O–H groups in total. The highest BCUT2D eigenvalue weighted by Crippen LogP contribution is 2.33. The zero-order valence-electron chi connectivity index (χ0n) is 11.7. The first kappa shape index (κ1) is 14.2. The molecule has 0 saturated carbocycles. The fourth-order valence-electron chi connectivity index (χ4n) is 2.31. The number of hydrogen-bond acceptors (Lipinski definition) is 3. The van der Waals surface area contributed by atoms with Gasteiger partial charge in [0.25, 0.3) is 0 Å². The average molecular weight is 346 g/mol. The zero-order chi connectivity index (χ0) is 14.8. The Morgan fingerprint density at radius 2 is 2.00 bits per heavy atom. The number of nitrogens with two attached hydrogens (primary N) is 1. The molecule has 0 bridgehead atoms. The van der Waals surface area contributed by atoms with Crippen molar-refractivity contribution in [2.45, 2.75) is 20.1 Å². The average Bonchev–Trinajstić information content (AvgIpc) is 2.87. The molecular formula is C17H16BrNO2. The van der Waals surface area contributed by atoms with Crippen LogP contribution in [0.3, 0.4) is 0 Å². The molecular weight excluding hydrogens is 330 g/mol. The van der Waals surface area contributed by atoms with Crippen LogP contribution in [0.2, 0.25) is 0 Å². The molecule has 4 heteroatoms. The predicted molar refractivity (Wildman–Crippen MR) is 87.3 cm³/mol. The summed E-state index contributed by atoms with van der Waals surface area (Å²) in [5.41, 5.74) is 6.61. The maximum absolute atomic E-state index is 5.92. The molecule has 0 amide bonds. The van der Waals surface area contributed by atoms with Crippen molar-refractivity contribution in [2.24, 2.45) is 5.73 Å². The van der Waals surface area contributed by atoms with E-state index in [1.165, 1.54) is 5.39 Å². The van der Waals surface area contributed by atoms with Crippen LogP contribution in [0.25, 0.3) is 10.8 Å². The minimum Gasteiger partial charge on any atom is -0.488 e. The van der Waals surface area contributed by atoms with E-state index in [9.17, 15) is 0 Å². The number of fused-ring (bicyclic) bond motifs is 1. The zero-order valence-corrected chi connectivity index (χ0v) is 13.3. The van der Waals surface area contributed by atoms with Gasteiger partial charge in [0, 0.05) is 5.56 Å². The number of rotatable bonds is 4. The van der Waals surface area contributed by atoms with E-state index in [0.717, 1.165) is 32.7 Å². The highest BCUT2D eigenvalue weighted by molar-refractivity contribution is 9.10. The summed E-state index contributed by atoms with van der Waals surface area (Å²) in [5.74, 6) is 2.46. The van der Waals surface area contributed by atoms with Crippen LogP contribution in [-0.2, 0) is 13.2 Å². The van der Waals surface area contributed by atoms with E-state index in [4.69, 9.17) is 14.9 Å². The lowest BCUT2D eigenvalue weighted by atomic mass is 10.1. The van der Waals surface area contributed by atoms with Crippen molar-refractivity contribution in [1.82, 2.24) is 0 Å². The SMILES string of the molecule is Cc1oc(CN)cc1COc1ccc2ccccc2c1Br. The molecule has 1 aromatic heterocycles. The van der Waals surface area contributed by atoms with Crippen LogP contribution in [0.5, 0.6) is 5.75 Å². The van der Waals surface area contributed by atoms with E-state index < -0.39 is 0 Å². The standard InChI is InChI=1S/C17H16BrNO2/c1-11-13(8-14(9-19)21-11)10-20-16-7-6-12-4-2-3-5-15(12)17(16)18/h2-8H,9-10,19H2,1H3. The molecule has 0 aliphatic heterocycles. The lowest BCUT2D eigenvalue weighted by molar-refractivity contribution is 0.301. The molecule has 21 heavy (non-hydrogen) atoms. The van der Waals surface area contributed by atoms with Gasteiger partial charge in [0.1, 0.15) is 23.9 Å². The van der Waals surface area contributed by atoms with Crippen LogP contribution < -0.4 is 10.5 Å². The summed E-state index contributed by atoms with van der Waals surface area (Å²) in [7, 11) is 0. The van der Waals surface area contributed by atoms with Crippen molar-refractivity contribution in [3.8, 4) is 5.75 Å². The number of furan rings is 1. The van der Waals surface area contributed by atoms with Gasteiger partial charge in [-0.2, -0.15) is 0 Å². The van der Waals surface area contributed by atoms with Gasteiger partial charge in [-0.05, 0) is 45.8 Å². The van der Waals surface area contributed by atoms with Crippen molar-refractivity contribution >= 4 is 26.7 Å². The molecule has 3 nitrogen and oxygen atoms in total. The van der Waals surface area contributed by atoms with Gasteiger partial charge in [-0.1, -0.05) is 30.3 Å². The number of benzene rings is 2. The third kappa shape index (κ3) is 2.82. The maximum atomic E-state index is 5.92. The molecule has 2 aromatic carbocycles. The summed E-state index contributed by atoms with van der Waals surface area (Å²) < 4.78 is 12.4. The van der Waals surface area contributed by atoms with Crippen LogP contribution in [0.1, 0.15) is 17.1 Å². The third-order valence-electron chi connectivity index (χ3n) is 3.48. The molecule has 0 spiro atoms. The Morgan fingerprint density at radius 3 is 2.76 bits per heavy atom. The van der Waals surface area contributed by atoms with Gasteiger partial charge in [0.05, 0.1) is 11.0 Å². The molecule has 0 aliphatic rings. The molecule has 0 radical (unpaired) electrons. The molecule has 0 atom stereocenters. The van der Waals surface area contributed by atoms with Gasteiger partial charge in [-0.3, -0.25) is 0 Å². The molecule has 0 fully saturated rings. The van der Waals surface area contributed by atoms with Crippen LogP contribution in [0, 0.1) is 6.92 Å². The summed E-state index contributed by atoms with van der Waals surface area (Å²) in [4.78, 5) is 0. The summed E-state index contributed by atoms with van der Waals surface area (Å²) in [6.07, 6.45) is 0. The minimum absolute atomic E-state index is 0.403. The fourth-order valence-corrected chi connectivity index (χ4v) is 2.92. The molecule has 0 aliphatic carbocycles. The Balaban J connectivity index is 1.85. The third-order valence-corrected chi connectivity index (χ3v) is 4.30. The van der Waals surface area contributed by atoms with Gasteiger partial charge in [-0.25, -0.2) is 0 Å². The maximum Gasteiger partial charge on any atom is 0.134 e. The van der Waals surface area contributed by atoms with Crippen molar-refractivity contribution in [3.63, 3.8) is 0 Å². The molecule has 108 valence electrons. The number of aryl methyl sites for hydroxylation is 1. The van der Waals surface area contributed by atoms with Crippen molar-refractivity contribution in [1.29, 1.82) is 0 Å². The van der Waals surface area contributed by atoms with Gasteiger partial charge in [-0.15, -0.1) is 0 Å². The van der Waals surface area contributed by atoms with Gasteiger partial charge in [0.15, 0.2) is 0 Å².